The summed E-state index contributed by atoms with van der Waals surface area (Å²) in [7, 11) is 0. The van der Waals surface area contributed by atoms with Crippen LogP contribution in [0.1, 0.15) is 19.8 Å². The molecule has 0 aromatic rings. The fourth-order valence-corrected chi connectivity index (χ4v) is 1.35. The third-order valence-corrected chi connectivity index (χ3v) is 2.62. The lowest BCUT2D eigenvalue weighted by atomic mass is 10.1. The highest BCUT2D eigenvalue weighted by molar-refractivity contribution is 6.25. The number of hydrogen-bond donors (Lipinski definition) is 1. The van der Waals surface area contributed by atoms with Gasteiger partial charge in [-0.15, -0.1) is 0 Å². The summed E-state index contributed by atoms with van der Waals surface area (Å²) in [5.74, 6) is 0. The van der Waals surface area contributed by atoms with Gasteiger partial charge in [-0.05, 0) is 6.42 Å². The molecule has 0 aromatic heterocycles. The van der Waals surface area contributed by atoms with Crippen LogP contribution in [0.25, 0.3) is 0 Å². The first-order valence-corrected chi connectivity index (χ1v) is 3.38. The highest BCUT2D eigenvalue weighted by Gasteiger charge is 2.64. The van der Waals surface area contributed by atoms with Gasteiger partial charge in [0.05, 0.1) is 0 Å². The van der Waals surface area contributed by atoms with Gasteiger partial charge >= 0.3 is 0 Å². The Labute approximate surface area is 58.8 Å². The largest absolute Gasteiger partial charge is 0.396 e. The number of aliphatic hydroxyl groups is 1. The maximum Gasteiger partial charge on any atom is 0.189 e. The Bertz CT molecular complexity index is 126. The maximum atomic E-state index is 12.7. The average Bonchev–Trinajstić information content (AvgIpc) is 2.07. The van der Waals surface area contributed by atoms with E-state index >= 15 is 0 Å². The molecular formula is C6H10ClFO. The molecule has 1 N–H and O–H groups in total. The van der Waals surface area contributed by atoms with Crippen molar-refractivity contribution in [3.8, 4) is 0 Å². The van der Waals surface area contributed by atoms with Gasteiger partial charge in [-0.25, -0.2) is 4.39 Å². The molecule has 0 bridgehead atoms. The van der Waals surface area contributed by atoms with Crippen LogP contribution in [0.5, 0.6) is 0 Å². The first kappa shape index (κ1) is 7.29. The number of halogens is 2. The van der Waals surface area contributed by atoms with Crippen molar-refractivity contribution in [2.75, 3.05) is 6.61 Å². The zero-order valence-electron chi connectivity index (χ0n) is 5.32. The average molecular weight is 153 g/mol. The Morgan fingerprint density at radius 2 is 2.22 bits per heavy atom. The van der Waals surface area contributed by atoms with E-state index in [9.17, 15) is 4.39 Å². The Hall–Kier alpha value is 0.180. The molecule has 0 radical (unpaired) electrons. The SMILES string of the molecule is C[C@]1(CCO)C[C@]1(F)Cl. The fraction of sp³-hybridized carbons (Fsp3) is 1.00. The zero-order valence-corrected chi connectivity index (χ0v) is 6.08. The standard InChI is InChI=1S/C6H10ClFO/c1-5(2-3-9)4-6(5,7)8/h9H,2-4H2,1H3/t5-,6+/m0/s1. The highest BCUT2D eigenvalue weighted by atomic mass is 35.5. The molecular weight excluding hydrogens is 143 g/mol. The van der Waals surface area contributed by atoms with Gasteiger partial charge in [-0.1, -0.05) is 18.5 Å². The van der Waals surface area contributed by atoms with Crippen LogP contribution in [-0.4, -0.2) is 16.8 Å². The molecule has 1 aliphatic carbocycles. The Kier molecular flexibility index (Phi) is 1.48. The van der Waals surface area contributed by atoms with E-state index in [-0.39, 0.29) is 6.61 Å². The molecule has 54 valence electrons. The van der Waals surface area contributed by atoms with Crippen LogP contribution < -0.4 is 0 Å². The van der Waals surface area contributed by atoms with Crippen molar-refractivity contribution in [3.63, 3.8) is 0 Å². The molecule has 2 atom stereocenters. The molecule has 1 nitrogen and oxygen atoms in total. The molecule has 1 fully saturated rings. The smallest absolute Gasteiger partial charge is 0.189 e. The number of alkyl halides is 2. The van der Waals surface area contributed by atoms with Gasteiger partial charge in [0, 0.05) is 18.4 Å². The van der Waals surface area contributed by atoms with Crippen molar-refractivity contribution in [1.29, 1.82) is 0 Å². The minimum absolute atomic E-state index is 0.0227. The van der Waals surface area contributed by atoms with Gasteiger partial charge in [-0.2, -0.15) is 0 Å². The third-order valence-electron chi connectivity index (χ3n) is 2.03. The molecule has 3 heteroatoms. The Morgan fingerprint density at radius 1 is 1.78 bits per heavy atom. The Balaban J connectivity index is 2.42. The summed E-state index contributed by atoms with van der Waals surface area (Å²) in [6.45, 7) is 1.77. The summed E-state index contributed by atoms with van der Waals surface area (Å²) in [5, 5.41) is 6.92. The van der Waals surface area contributed by atoms with Gasteiger partial charge in [0.15, 0.2) is 5.13 Å². The van der Waals surface area contributed by atoms with E-state index in [0.29, 0.717) is 12.8 Å². The van der Waals surface area contributed by atoms with Crippen LogP contribution >= 0.6 is 11.6 Å². The molecule has 0 unspecified atom stereocenters. The van der Waals surface area contributed by atoms with Gasteiger partial charge in [-0.3, -0.25) is 0 Å². The number of aliphatic hydroxyl groups excluding tert-OH is 1. The molecule has 0 saturated heterocycles. The molecule has 0 spiro atoms. The van der Waals surface area contributed by atoms with Gasteiger partial charge < -0.3 is 5.11 Å². The van der Waals surface area contributed by atoms with Crippen LogP contribution in [0.3, 0.4) is 0 Å². The predicted molar refractivity (Wildman–Crippen MR) is 34.1 cm³/mol. The zero-order chi connectivity index (χ0) is 7.12. The van der Waals surface area contributed by atoms with Crippen LogP contribution in [0, 0.1) is 5.41 Å². The van der Waals surface area contributed by atoms with E-state index in [1.54, 1.807) is 6.92 Å². The lowest BCUT2D eigenvalue weighted by molar-refractivity contribution is 0.228. The topological polar surface area (TPSA) is 20.2 Å². The van der Waals surface area contributed by atoms with E-state index in [1.165, 1.54) is 0 Å². The van der Waals surface area contributed by atoms with Gasteiger partial charge in [0.25, 0.3) is 0 Å². The Morgan fingerprint density at radius 3 is 2.33 bits per heavy atom. The maximum absolute atomic E-state index is 12.7. The monoisotopic (exact) mass is 152 g/mol. The van der Waals surface area contributed by atoms with Crippen molar-refractivity contribution in [1.82, 2.24) is 0 Å². The highest BCUT2D eigenvalue weighted by Crippen LogP contribution is 2.63. The summed E-state index contributed by atoms with van der Waals surface area (Å²) in [6, 6.07) is 0. The van der Waals surface area contributed by atoms with E-state index in [2.05, 4.69) is 0 Å². The predicted octanol–water partition coefficient (Wildman–Crippen LogP) is 1.68. The molecule has 0 aromatic carbocycles. The molecule has 9 heavy (non-hydrogen) atoms. The molecule has 1 rings (SSSR count). The first-order chi connectivity index (χ1) is 4.02. The van der Waals surface area contributed by atoms with Crippen molar-refractivity contribution in [2.45, 2.75) is 24.9 Å². The quantitative estimate of drug-likeness (QED) is 0.597. The summed E-state index contributed by atoms with van der Waals surface area (Å²) in [4.78, 5) is 0. The number of hydrogen-bond acceptors (Lipinski definition) is 1. The van der Waals surface area contributed by atoms with Crippen LogP contribution in [-0.2, 0) is 0 Å². The second kappa shape index (κ2) is 1.83. The van der Waals surface area contributed by atoms with E-state index in [4.69, 9.17) is 16.7 Å². The second-order valence-corrected chi connectivity index (χ2v) is 3.51. The summed E-state index contributed by atoms with van der Waals surface area (Å²) in [5.41, 5.74) is -0.455. The van der Waals surface area contributed by atoms with Crippen LogP contribution in [0.15, 0.2) is 0 Å². The summed E-state index contributed by atoms with van der Waals surface area (Å²) >= 11 is 5.35. The molecule has 0 heterocycles. The molecule has 0 aliphatic heterocycles. The third kappa shape index (κ3) is 1.06. The lowest BCUT2D eigenvalue weighted by Gasteiger charge is -2.06. The van der Waals surface area contributed by atoms with Crippen molar-refractivity contribution >= 4 is 11.6 Å². The van der Waals surface area contributed by atoms with Crippen molar-refractivity contribution < 1.29 is 9.50 Å². The minimum atomic E-state index is -1.53. The normalized spacial score (nSPS) is 49.3. The van der Waals surface area contributed by atoms with Crippen LogP contribution in [0.2, 0.25) is 0 Å². The summed E-state index contributed by atoms with van der Waals surface area (Å²) < 4.78 is 12.7. The van der Waals surface area contributed by atoms with Gasteiger partial charge in [0.1, 0.15) is 0 Å². The molecule has 0 amide bonds. The van der Waals surface area contributed by atoms with E-state index in [0.717, 1.165) is 0 Å². The second-order valence-electron chi connectivity index (χ2n) is 2.92. The fourth-order valence-electron chi connectivity index (χ4n) is 0.964. The first-order valence-electron chi connectivity index (χ1n) is 3.00. The van der Waals surface area contributed by atoms with Crippen molar-refractivity contribution in [2.24, 2.45) is 5.41 Å². The molecule has 1 saturated carbocycles. The van der Waals surface area contributed by atoms with Crippen molar-refractivity contribution in [3.05, 3.63) is 0 Å². The van der Waals surface area contributed by atoms with E-state index in [1.807, 2.05) is 0 Å². The van der Waals surface area contributed by atoms with Crippen LogP contribution in [0.4, 0.5) is 4.39 Å². The number of rotatable bonds is 2. The minimum Gasteiger partial charge on any atom is -0.396 e. The summed E-state index contributed by atoms with van der Waals surface area (Å²) in [6.07, 6.45) is 0.842. The van der Waals surface area contributed by atoms with E-state index < -0.39 is 10.5 Å². The lowest BCUT2D eigenvalue weighted by Crippen LogP contribution is -2.06. The molecule has 1 aliphatic rings. The van der Waals surface area contributed by atoms with Gasteiger partial charge in [0.2, 0.25) is 0 Å².